The van der Waals surface area contributed by atoms with Gasteiger partial charge in [0, 0.05) is 10.0 Å². The minimum Gasteiger partial charge on any atom is -0.345 e. The number of amides is 1. The molecule has 0 radical (unpaired) electrons. The van der Waals surface area contributed by atoms with Crippen molar-refractivity contribution in [2.24, 2.45) is 0 Å². The molecule has 2 rings (SSSR count). The molecule has 0 bridgehead atoms. The van der Waals surface area contributed by atoms with Crippen molar-refractivity contribution in [3.05, 3.63) is 73.7 Å². The summed E-state index contributed by atoms with van der Waals surface area (Å²) in [6, 6.07) is 12.0. The van der Waals surface area contributed by atoms with Crippen molar-refractivity contribution in [1.29, 1.82) is 0 Å². The van der Waals surface area contributed by atoms with Crippen molar-refractivity contribution in [3.8, 4) is 0 Å². The highest BCUT2D eigenvalue weighted by atomic mass is 79.9. The topological polar surface area (TPSA) is 72.2 Å². The molecule has 1 atom stereocenters. The number of nitro benzene ring substituents is 1. The number of nitrogens with zero attached hydrogens (tertiary/aromatic N) is 1. The third-order valence-electron chi connectivity index (χ3n) is 3.38. The van der Waals surface area contributed by atoms with Gasteiger partial charge in [0.2, 0.25) is 0 Å². The number of para-hydroxylation sites is 1. The Morgan fingerprint density at radius 2 is 1.86 bits per heavy atom. The van der Waals surface area contributed by atoms with E-state index < -0.39 is 10.8 Å². The Balaban J connectivity index is 2.24. The number of halogens is 1. The number of carbonyl (C=O) groups is 1. The lowest BCUT2D eigenvalue weighted by Gasteiger charge is -2.15. The molecule has 2 aromatic carbocycles. The average molecular weight is 363 g/mol. The summed E-state index contributed by atoms with van der Waals surface area (Å²) >= 11 is 3.35. The lowest BCUT2D eigenvalue weighted by molar-refractivity contribution is -0.385. The number of hydrogen-bond acceptors (Lipinski definition) is 3. The fourth-order valence-electron chi connectivity index (χ4n) is 2.19. The molecule has 0 spiro atoms. The van der Waals surface area contributed by atoms with Crippen LogP contribution in [0.4, 0.5) is 5.69 Å². The molecule has 6 heteroatoms. The molecule has 114 valence electrons. The number of aryl methyl sites for hydroxylation is 1. The molecule has 0 heterocycles. The molecule has 0 saturated carbocycles. The molecule has 0 saturated heterocycles. The van der Waals surface area contributed by atoms with Gasteiger partial charge in [0.25, 0.3) is 11.6 Å². The van der Waals surface area contributed by atoms with Crippen LogP contribution in [-0.2, 0) is 0 Å². The largest absolute Gasteiger partial charge is 0.345 e. The van der Waals surface area contributed by atoms with Crippen LogP contribution < -0.4 is 5.32 Å². The Morgan fingerprint density at radius 1 is 1.23 bits per heavy atom. The normalized spacial score (nSPS) is 11.8. The van der Waals surface area contributed by atoms with E-state index >= 15 is 0 Å². The fraction of sp³-hybridized carbons (Fsp3) is 0.188. The third-order valence-corrected chi connectivity index (χ3v) is 3.91. The maximum Gasteiger partial charge on any atom is 0.285 e. The van der Waals surface area contributed by atoms with Crippen LogP contribution in [0.3, 0.4) is 0 Å². The Morgan fingerprint density at radius 3 is 2.45 bits per heavy atom. The number of hydrogen-bond donors (Lipinski definition) is 1. The first kappa shape index (κ1) is 16.2. The van der Waals surface area contributed by atoms with Gasteiger partial charge in [0.15, 0.2) is 0 Å². The van der Waals surface area contributed by atoms with Gasteiger partial charge < -0.3 is 5.32 Å². The van der Waals surface area contributed by atoms with E-state index in [1.165, 1.54) is 6.07 Å². The summed E-state index contributed by atoms with van der Waals surface area (Å²) in [7, 11) is 0. The molecule has 0 aliphatic rings. The summed E-state index contributed by atoms with van der Waals surface area (Å²) < 4.78 is 0.948. The van der Waals surface area contributed by atoms with Gasteiger partial charge >= 0.3 is 0 Å². The van der Waals surface area contributed by atoms with Gasteiger partial charge in [-0.2, -0.15) is 0 Å². The highest BCUT2D eigenvalue weighted by molar-refractivity contribution is 9.10. The molecule has 1 N–H and O–H groups in total. The van der Waals surface area contributed by atoms with Crippen LogP contribution in [-0.4, -0.2) is 10.8 Å². The Kier molecular flexibility index (Phi) is 4.92. The molecule has 0 aliphatic heterocycles. The first-order valence-electron chi connectivity index (χ1n) is 6.70. The molecular weight excluding hydrogens is 348 g/mol. The van der Waals surface area contributed by atoms with Crippen LogP contribution in [0.1, 0.15) is 34.5 Å². The van der Waals surface area contributed by atoms with Crippen molar-refractivity contribution in [3.63, 3.8) is 0 Å². The third kappa shape index (κ3) is 3.51. The standard InChI is InChI=1S/C16H15BrN2O3/c1-10-4-3-5-14(15(10)19(21)22)16(20)18-11(2)12-6-8-13(17)9-7-12/h3-9,11H,1-2H3,(H,18,20)/t11-/m0/s1. The second-order valence-corrected chi connectivity index (χ2v) is 5.89. The summed E-state index contributed by atoms with van der Waals surface area (Å²) in [6.07, 6.45) is 0. The highest BCUT2D eigenvalue weighted by Gasteiger charge is 2.23. The van der Waals surface area contributed by atoms with Gasteiger partial charge in [-0.1, -0.05) is 40.2 Å². The zero-order valence-corrected chi connectivity index (χ0v) is 13.8. The van der Waals surface area contributed by atoms with E-state index in [1.54, 1.807) is 19.1 Å². The predicted molar refractivity (Wildman–Crippen MR) is 87.9 cm³/mol. The van der Waals surface area contributed by atoms with E-state index in [2.05, 4.69) is 21.2 Å². The van der Waals surface area contributed by atoms with Gasteiger partial charge in [0.05, 0.1) is 11.0 Å². The maximum absolute atomic E-state index is 12.3. The number of benzene rings is 2. The summed E-state index contributed by atoms with van der Waals surface area (Å²) in [5.41, 5.74) is 1.32. The highest BCUT2D eigenvalue weighted by Crippen LogP contribution is 2.24. The smallest absolute Gasteiger partial charge is 0.285 e. The predicted octanol–water partition coefficient (Wildman–Crippen LogP) is 4.16. The van der Waals surface area contributed by atoms with Gasteiger partial charge in [-0.25, -0.2) is 0 Å². The number of nitro groups is 1. The lowest BCUT2D eigenvalue weighted by Crippen LogP contribution is -2.27. The van der Waals surface area contributed by atoms with Gasteiger partial charge in [-0.05, 0) is 37.6 Å². The van der Waals surface area contributed by atoms with Crippen LogP contribution >= 0.6 is 15.9 Å². The van der Waals surface area contributed by atoms with E-state index in [4.69, 9.17) is 0 Å². The first-order valence-corrected chi connectivity index (χ1v) is 7.49. The fourth-order valence-corrected chi connectivity index (χ4v) is 2.46. The van der Waals surface area contributed by atoms with E-state index in [0.29, 0.717) is 5.56 Å². The summed E-state index contributed by atoms with van der Waals surface area (Å²) in [5, 5.41) is 14.0. The Hall–Kier alpha value is -2.21. The van der Waals surface area contributed by atoms with Crippen LogP contribution in [0.2, 0.25) is 0 Å². The van der Waals surface area contributed by atoms with E-state index in [-0.39, 0.29) is 17.3 Å². The van der Waals surface area contributed by atoms with Crippen LogP contribution in [0, 0.1) is 17.0 Å². The average Bonchev–Trinajstić information content (AvgIpc) is 2.47. The molecule has 0 aromatic heterocycles. The summed E-state index contributed by atoms with van der Waals surface area (Å²) in [4.78, 5) is 23.0. The van der Waals surface area contributed by atoms with E-state index in [1.807, 2.05) is 31.2 Å². The monoisotopic (exact) mass is 362 g/mol. The second-order valence-electron chi connectivity index (χ2n) is 4.97. The van der Waals surface area contributed by atoms with Gasteiger partial charge in [0.1, 0.15) is 5.56 Å². The lowest BCUT2D eigenvalue weighted by atomic mass is 10.1. The van der Waals surface area contributed by atoms with Crippen molar-refractivity contribution < 1.29 is 9.72 Å². The summed E-state index contributed by atoms with van der Waals surface area (Å²) in [5.74, 6) is -0.453. The van der Waals surface area contributed by atoms with Crippen LogP contribution in [0.5, 0.6) is 0 Å². The number of rotatable bonds is 4. The molecule has 22 heavy (non-hydrogen) atoms. The first-order chi connectivity index (χ1) is 10.4. The maximum atomic E-state index is 12.3. The van der Waals surface area contributed by atoms with Crippen molar-refractivity contribution in [2.45, 2.75) is 19.9 Å². The Bertz CT molecular complexity index is 714. The van der Waals surface area contributed by atoms with Gasteiger partial charge in [-0.15, -0.1) is 0 Å². The SMILES string of the molecule is Cc1cccc(C(=O)N[C@@H](C)c2ccc(Br)cc2)c1[N+](=O)[O-]. The van der Waals surface area contributed by atoms with E-state index in [9.17, 15) is 14.9 Å². The van der Waals surface area contributed by atoms with Crippen molar-refractivity contribution in [1.82, 2.24) is 5.32 Å². The zero-order chi connectivity index (χ0) is 16.3. The zero-order valence-electron chi connectivity index (χ0n) is 12.2. The van der Waals surface area contributed by atoms with Crippen molar-refractivity contribution in [2.75, 3.05) is 0 Å². The molecule has 0 fully saturated rings. The minimum absolute atomic E-state index is 0.0777. The Labute approximate surface area is 136 Å². The molecule has 2 aromatic rings. The quantitative estimate of drug-likeness (QED) is 0.655. The van der Waals surface area contributed by atoms with Crippen LogP contribution in [0.15, 0.2) is 46.9 Å². The number of carbonyl (C=O) groups excluding carboxylic acids is 1. The van der Waals surface area contributed by atoms with Crippen molar-refractivity contribution >= 4 is 27.5 Å². The molecule has 0 unspecified atom stereocenters. The minimum atomic E-state index is -0.519. The molecule has 1 amide bonds. The molecule has 5 nitrogen and oxygen atoms in total. The second kappa shape index (κ2) is 6.70. The summed E-state index contributed by atoms with van der Waals surface area (Å²) in [6.45, 7) is 3.45. The number of nitrogens with one attached hydrogen (secondary N) is 1. The van der Waals surface area contributed by atoms with Gasteiger partial charge in [-0.3, -0.25) is 14.9 Å². The van der Waals surface area contributed by atoms with E-state index in [0.717, 1.165) is 10.0 Å². The van der Waals surface area contributed by atoms with Crippen LogP contribution in [0.25, 0.3) is 0 Å². The molecule has 0 aliphatic carbocycles. The molecular formula is C16H15BrN2O3.